The van der Waals surface area contributed by atoms with Crippen molar-refractivity contribution >= 4 is 5.97 Å². The first kappa shape index (κ1) is 10.3. The highest BCUT2D eigenvalue weighted by Gasteiger charge is 2.20. The molecule has 4 nitrogen and oxygen atoms in total. The van der Waals surface area contributed by atoms with Gasteiger partial charge in [-0.1, -0.05) is 0 Å². The minimum Gasteiger partial charge on any atom is -0.477 e. The number of nitrogens with one attached hydrogen (secondary N) is 1. The van der Waals surface area contributed by atoms with Gasteiger partial charge >= 0.3 is 5.97 Å². The largest absolute Gasteiger partial charge is 0.477 e. The first-order valence-electron chi connectivity index (χ1n) is 3.37. The average molecular weight is 207 g/mol. The summed E-state index contributed by atoms with van der Waals surface area (Å²) >= 11 is 0. The molecule has 1 heterocycles. The normalized spacial score (nSPS) is 10.6. The van der Waals surface area contributed by atoms with Crippen molar-refractivity contribution in [2.24, 2.45) is 0 Å². The number of carboxylic acid groups (broad SMARTS) is 1. The van der Waals surface area contributed by atoms with Crippen LogP contribution in [0.3, 0.4) is 0 Å². The van der Waals surface area contributed by atoms with Gasteiger partial charge in [0.2, 0.25) is 0 Å². The Morgan fingerprint density at radius 1 is 1.50 bits per heavy atom. The zero-order chi connectivity index (χ0) is 10.9. The zero-order valence-corrected chi connectivity index (χ0v) is 6.55. The van der Waals surface area contributed by atoms with E-state index in [4.69, 9.17) is 5.11 Å². The monoisotopic (exact) mass is 207 g/mol. The van der Waals surface area contributed by atoms with Crippen LogP contribution in [0.15, 0.2) is 10.9 Å². The fourth-order valence-electron chi connectivity index (χ4n) is 0.869. The van der Waals surface area contributed by atoms with Gasteiger partial charge in [0.25, 0.3) is 12.0 Å². The second-order valence-corrected chi connectivity index (χ2v) is 2.38. The SMILES string of the molecule is O=C(O)c1[nH]c(=O)c(F)cc1C(F)F. The smallest absolute Gasteiger partial charge is 0.352 e. The van der Waals surface area contributed by atoms with Gasteiger partial charge in [-0.25, -0.2) is 18.0 Å². The molecule has 0 unspecified atom stereocenters. The Bertz CT molecular complexity index is 427. The predicted octanol–water partition coefficient (Wildman–Crippen LogP) is 1.15. The third-order valence-electron chi connectivity index (χ3n) is 1.48. The fourth-order valence-corrected chi connectivity index (χ4v) is 0.869. The van der Waals surface area contributed by atoms with Crippen molar-refractivity contribution in [3.63, 3.8) is 0 Å². The summed E-state index contributed by atoms with van der Waals surface area (Å²) in [4.78, 5) is 22.5. The second kappa shape index (κ2) is 3.52. The Balaban J connectivity index is 3.47. The fraction of sp³-hybridized carbons (Fsp3) is 0.143. The summed E-state index contributed by atoms with van der Waals surface area (Å²) in [6, 6.07) is 0.215. The molecule has 0 radical (unpaired) electrons. The van der Waals surface area contributed by atoms with E-state index in [1.807, 2.05) is 0 Å². The number of carbonyl (C=O) groups is 1. The van der Waals surface area contributed by atoms with Crippen LogP contribution in [0.1, 0.15) is 22.5 Å². The summed E-state index contributed by atoms with van der Waals surface area (Å²) in [5.41, 5.74) is -3.38. The standard InChI is InChI=1S/C7H4F3NO3/c8-3-1-2(5(9)10)4(7(13)14)11-6(3)12/h1,5H,(H,11,12)(H,13,14). The second-order valence-electron chi connectivity index (χ2n) is 2.38. The van der Waals surface area contributed by atoms with Crippen molar-refractivity contribution in [3.05, 3.63) is 33.5 Å². The summed E-state index contributed by atoms with van der Waals surface area (Å²) in [6.45, 7) is 0. The van der Waals surface area contributed by atoms with Crippen LogP contribution >= 0.6 is 0 Å². The number of carboxylic acids is 1. The van der Waals surface area contributed by atoms with Crippen LogP contribution < -0.4 is 5.56 Å². The molecular weight excluding hydrogens is 203 g/mol. The maximum Gasteiger partial charge on any atom is 0.352 e. The van der Waals surface area contributed by atoms with Gasteiger partial charge in [0.05, 0.1) is 5.56 Å². The molecule has 0 saturated heterocycles. The molecule has 0 bridgehead atoms. The van der Waals surface area contributed by atoms with Crippen LogP contribution in [0.5, 0.6) is 0 Å². The molecule has 14 heavy (non-hydrogen) atoms. The molecule has 1 aromatic rings. The summed E-state index contributed by atoms with van der Waals surface area (Å²) < 4.78 is 36.8. The third kappa shape index (κ3) is 1.76. The Labute approximate surface area is 75.0 Å². The van der Waals surface area contributed by atoms with Gasteiger partial charge in [0.15, 0.2) is 5.82 Å². The Hall–Kier alpha value is -1.79. The number of hydrogen-bond acceptors (Lipinski definition) is 2. The van der Waals surface area contributed by atoms with Crippen LogP contribution in [-0.4, -0.2) is 16.1 Å². The molecule has 0 aliphatic rings. The molecule has 7 heteroatoms. The van der Waals surface area contributed by atoms with Gasteiger partial charge in [-0.2, -0.15) is 0 Å². The number of H-pyrrole nitrogens is 1. The Morgan fingerprint density at radius 2 is 2.07 bits per heavy atom. The number of rotatable bonds is 2. The average Bonchev–Trinajstić information content (AvgIpc) is 2.08. The lowest BCUT2D eigenvalue weighted by molar-refractivity contribution is 0.0676. The molecule has 0 fully saturated rings. The maximum atomic E-state index is 12.5. The highest BCUT2D eigenvalue weighted by molar-refractivity contribution is 5.87. The molecule has 2 N–H and O–H groups in total. The van der Waals surface area contributed by atoms with Gasteiger partial charge in [-0.05, 0) is 6.07 Å². The van der Waals surface area contributed by atoms with Gasteiger partial charge in [-0.3, -0.25) is 4.79 Å². The molecule has 0 spiro atoms. The van der Waals surface area contributed by atoms with Crippen LogP contribution in [0.4, 0.5) is 13.2 Å². The topological polar surface area (TPSA) is 70.2 Å². The molecular formula is C7H4F3NO3. The minimum atomic E-state index is -3.16. The van der Waals surface area contributed by atoms with Crippen molar-refractivity contribution < 1.29 is 23.1 Å². The number of alkyl halides is 2. The number of aromatic carboxylic acids is 1. The van der Waals surface area contributed by atoms with Crippen LogP contribution in [0.2, 0.25) is 0 Å². The van der Waals surface area contributed by atoms with Crippen molar-refractivity contribution in [3.8, 4) is 0 Å². The molecule has 0 aromatic carbocycles. The van der Waals surface area contributed by atoms with Gasteiger partial charge < -0.3 is 10.1 Å². The molecule has 0 atom stereocenters. The van der Waals surface area contributed by atoms with Crippen LogP contribution in [0.25, 0.3) is 0 Å². The predicted molar refractivity (Wildman–Crippen MR) is 38.9 cm³/mol. The Morgan fingerprint density at radius 3 is 2.50 bits per heavy atom. The van der Waals surface area contributed by atoms with Crippen molar-refractivity contribution in [2.45, 2.75) is 6.43 Å². The van der Waals surface area contributed by atoms with E-state index in [9.17, 15) is 22.8 Å². The van der Waals surface area contributed by atoms with Gasteiger partial charge in [-0.15, -0.1) is 0 Å². The van der Waals surface area contributed by atoms with Gasteiger partial charge in [0, 0.05) is 0 Å². The quantitative estimate of drug-likeness (QED) is 0.764. The lowest BCUT2D eigenvalue weighted by Gasteiger charge is -2.03. The lowest BCUT2D eigenvalue weighted by atomic mass is 10.2. The van der Waals surface area contributed by atoms with E-state index in [2.05, 4.69) is 0 Å². The molecule has 76 valence electrons. The van der Waals surface area contributed by atoms with E-state index in [0.29, 0.717) is 0 Å². The molecule has 0 saturated carbocycles. The zero-order valence-electron chi connectivity index (χ0n) is 6.55. The lowest BCUT2D eigenvalue weighted by Crippen LogP contribution is -2.18. The number of aromatic amines is 1. The third-order valence-corrected chi connectivity index (χ3v) is 1.48. The first-order valence-corrected chi connectivity index (χ1v) is 3.37. The first-order chi connectivity index (χ1) is 6.43. The molecule has 1 aromatic heterocycles. The molecule has 1 rings (SSSR count). The van der Waals surface area contributed by atoms with E-state index in [1.54, 1.807) is 0 Å². The highest BCUT2D eigenvalue weighted by Crippen LogP contribution is 2.20. The van der Waals surface area contributed by atoms with E-state index in [-0.39, 0.29) is 6.07 Å². The van der Waals surface area contributed by atoms with E-state index < -0.39 is 35.0 Å². The molecule has 0 amide bonds. The number of pyridine rings is 1. The van der Waals surface area contributed by atoms with E-state index >= 15 is 0 Å². The van der Waals surface area contributed by atoms with Gasteiger partial charge in [0.1, 0.15) is 5.69 Å². The summed E-state index contributed by atoms with van der Waals surface area (Å²) in [7, 11) is 0. The number of hydrogen-bond donors (Lipinski definition) is 2. The summed E-state index contributed by atoms with van der Waals surface area (Å²) in [5, 5.41) is 8.40. The van der Waals surface area contributed by atoms with Crippen LogP contribution in [-0.2, 0) is 0 Å². The van der Waals surface area contributed by atoms with Crippen molar-refractivity contribution in [1.29, 1.82) is 0 Å². The number of aromatic nitrogens is 1. The van der Waals surface area contributed by atoms with Crippen molar-refractivity contribution in [1.82, 2.24) is 4.98 Å². The minimum absolute atomic E-state index is 0.215. The number of halogens is 3. The van der Waals surface area contributed by atoms with Crippen molar-refractivity contribution in [2.75, 3.05) is 0 Å². The highest BCUT2D eigenvalue weighted by atomic mass is 19.3. The summed E-state index contributed by atoms with van der Waals surface area (Å²) in [5.74, 6) is -3.18. The van der Waals surface area contributed by atoms with E-state index in [0.717, 1.165) is 0 Å². The van der Waals surface area contributed by atoms with Crippen LogP contribution in [0, 0.1) is 5.82 Å². The maximum absolute atomic E-state index is 12.5. The Kier molecular flexibility index (Phi) is 2.59. The molecule has 0 aliphatic heterocycles. The molecule has 0 aliphatic carbocycles. The summed E-state index contributed by atoms with van der Waals surface area (Å²) in [6.07, 6.45) is -3.16. The van der Waals surface area contributed by atoms with E-state index in [1.165, 1.54) is 4.98 Å².